The van der Waals surface area contributed by atoms with E-state index in [1.807, 2.05) is 30.3 Å². The van der Waals surface area contributed by atoms with Crippen molar-refractivity contribution in [1.29, 1.82) is 0 Å². The molecule has 0 N–H and O–H groups in total. The highest BCUT2D eigenvalue weighted by Crippen LogP contribution is 2.31. The third-order valence-corrected chi connectivity index (χ3v) is 6.17. The van der Waals surface area contributed by atoms with Crippen LogP contribution < -0.4 is 15.7 Å². The highest BCUT2D eigenvalue weighted by atomic mass is 16.5. The van der Waals surface area contributed by atoms with Crippen molar-refractivity contribution in [1.82, 2.24) is 9.55 Å². The van der Waals surface area contributed by atoms with Gasteiger partial charge in [-0.25, -0.2) is 0 Å². The van der Waals surface area contributed by atoms with Gasteiger partial charge in [0.05, 0.1) is 12.5 Å². The highest BCUT2D eigenvalue weighted by Gasteiger charge is 2.24. The molecule has 6 heteroatoms. The number of aromatic nitrogens is 2. The molecule has 0 amide bonds. The van der Waals surface area contributed by atoms with Gasteiger partial charge in [-0.1, -0.05) is 56.0 Å². The summed E-state index contributed by atoms with van der Waals surface area (Å²) < 4.78 is 13.0. The second kappa shape index (κ2) is 8.02. The number of fused-ring (bicyclic) bond motifs is 2. The van der Waals surface area contributed by atoms with E-state index in [1.54, 1.807) is 29.9 Å². The summed E-state index contributed by atoms with van der Waals surface area (Å²) in [6.07, 6.45) is 6.28. The fourth-order valence-electron chi connectivity index (χ4n) is 4.57. The van der Waals surface area contributed by atoms with Gasteiger partial charge >= 0.3 is 0 Å². The van der Waals surface area contributed by atoms with Gasteiger partial charge in [0, 0.05) is 17.7 Å². The van der Waals surface area contributed by atoms with Crippen LogP contribution in [0.15, 0.2) is 62.5 Å². The Morgan fingerprint density at radius 1 is 1.00 bits per heavy atom. The number of rotatable bonds is 3. The van der Waals surface area contributed by atoms with E-state index in [4.69, 9.17) is 14.1 Å². The molecule has 1 saturated carbocycles. The molecule has 0 bridgehead atoms. The number of methoxy groups -OCH3 is 1. The Bertz CT molecular complexity index is 1360. The smallest absolute Gasteiger partial charge is 0.269 e. The van der Waals surface area contributed by atoms with Gasteiger partial charge in [-0.15, -0.1) is 0 Å². The van der Waals surface area contributed by atoms with Crippen LogP contribution in [0.2, 0.25) is 0 Å². The first-order valence-corrected chi connectivity index (χ1v) is 10.8. The van der Waals surface area contributed by atoms with Gasteiger partial charge in [0.1, 0.15) is 17.2 Å². The van der Waals surface area contributed by atoms with E-state index in [2.05, 4.69) is 0 Å². The largest absolute Gasteiger partial charge is 0.497 e. The summed E-state index contributed by atoms with van der Waals surface area (Å²) >= 11 is 0. The molecule has 0 atom stereocenters. The maximum Gasteiger partial charge on any atom is 0.269 e. The van der Waals surface area contributed by atoms with Crippen LogP contribution in [0.4, 0.5) is 0 Å². The molecule has 0 spiro atoms. The molecular formula is C25H24N2O4. The predicted molar refractivity (Wildman–Crippen MR) is 121 cm³/mol. The van der Waals surface area contributed by atoms with E-state index in [9.17, 15) is 9.59 Å². The summed E-state index contributed by atoms with van der Waals surface area (Å²) in [7, 11) is 1.55. The Hall–Kier alpha value is -3.41. The highest BCUT2D eigenvalue weighted by molar-refractivity contribution is 5.89. The molecule has 5 rings (SSSR count). The summed E-state index contributed by atoms with van der Waals surface area (Å²) in [6, 6.07) is 14.6. The van der Waals surface area contributed by atoms with Crippen molar-refractivity contribution in [3.05, 3.63) is 69.1 Å². The first-order valence-electron chi connectivity index (χ1n) is 10.8. The van der Waals surface area contributed by atoms with Crippen LogP contribution in [0.1, 0.15) is 44.6 Å². The number of ether oxygens (including phenoxy) is 1. The van der Waals surface area contributed by atoms with Gasteiger partial charge in [-0.3, -0.25) is 14.2 Å². The first kappa shape index (κ1) is 19.5. The Labute approximate surface area is 179 Å². The summed E-state index contributed by atoms with van der Waals surface area (Å²) in [5, 5.41) is 0.369. The van der Waals surface area contributed by atoms with Crippen molar-refractivity contribution in [3.8, 4) is 17.1 Å². The number of benzene rings is 2. The Kier molecular flexibility index (Phi) is 5.06. The third-order valence-electron chi connectivity index (χ3n) is 6.17. The van der Waals surface area contributed by atoms with Crippen molar-refractivity contribution in [2.45, 2.75) is 44.6 Å². The SMILES string of the molecule is COc1ccc2c(=O)c3c(=O)n(C4CCCCCC4)c(-c4ccccc4)nc3oc2c1. The average Bonchev–Trinajstić information content (AvgIpc) is 3.08. The number of nitrogens with zero attached hydrogens (tertiary/aromatic N) is 2. The van der Waals surface area contributed by atoms with Gasteiger partial charge in [-0.05, 0) is 25.0 Å². The lowest BCUT2D eigenvalue weighted by Gasteiger charge is -2.21. The molecule has 1 aliphatic rings. The van der Waals surface area contributed by atoms with Crippen LogP contribution >= 0.6 is 0 Å². The summed E-state index contributed by atoms with van der Waals surface area (Å²) in [4.78, 5) is 31.8. The summed E-state index contributed by atoms with van der Waals surface area (Å²) in [5.41, 5.74) is 0.592. The average molecular weight is 416 g/mol. The molecule has 2 heterocycles. The van der Waals surface area contributed by atoms with E-state index in [0.29, 0.717) is 22.5 Å². The zero-order chi connectivity index (χ0) is 21.4. The Morgan fingerprint density at radius 2 is 1.74 bits per heavy atom. The lowest BCUT2D eigenvalue weighted by Crippen LogP contribution is -2.30. The van der Waals surface area contributed by atoms with Gasteiger partial charge in [-0.2, -0.15) is 4.98 Å². The topological polar surface area (TPSA) is 74.3 Å². The normalized spacial score (nSPS) is 15.3. The second-order valence-corrected chi connectivity index (χ2v) is 8.10. The zero-order valence-corrected chi connectivity index (χ0v) is 17.5. The lowest BCUT2D eigenvalue weighted by molar-refractivity contribution is 0.414. The number of hydrogen-bond donors (Lipinski definition) is 0. The molecule has 2 aromatic heterocycles. The molecule has 0 radical (unpaired) electrons. The van der Waals surface area contributed by atoms with E-state index >= 15 is 0 Å². The second-order valence-electron chi connectivity index (χ2n) is 8.10. The van der Waals surface area contributed by atoms with E-state index < -0.39 is 0 Å². The molecule has 2 aromatic carbocycles. The van der Waals surface area contributed by atoms with E-state index in [1.165, 1.54) is 12.8 Å². The fraction of sp³-hybridized carbons (Fsp3) is 0.320. The standard InChI is InChI=1S/C25H24N2O4/c1-30-18-13-14-19-20(15-18)31-24-21(22(19)28)25(29)27(17-11-7-2-3-8-12-17)23(26-24)16-9-5-4-6-10-16/h4-6,9-10,13-15,17H,2-3,7-8,11-12H2,1H3. The molecule has 0 unspecified atom stereocenters. The molecule has 0 aliphatic heterocycles. The molecule has 1 aliphatic carbocycles. The first-order chi connectivity index (χ1) is 15.2. The van der Waals surface area contributed by atoms with Gasteiger partial charge in [0.2, 0.25) is 11.1 Å². The van der Waals surface area contributed by atoms with Crippen LogP contribution in [-0.2, 0) is 0 Å². The molecule has 6 nitrogen and oxygen atoms in total. The molecule has 0 saturated heterocycles. The molecule has 4 aromatic rings. The molecule has 31 heavy (non-hydrogen) atoms. The van der Waals surface area contributed by atoms with Crippen LogP contribution in [0.5, 0.6) is 5.75 Å². The lowest BCUT2D eigenvalue weighted by atomic mass is 10.1. The molecule has 158 valence electrons. The summed E-state index contributed by atoms with van der Waals surface area (Å²) in [6.45, 7) is 0. The monoisotopic (exact) mass is 416 g/mol. The van der Waals surface area contributed by atoms with Crippen LogP contribution in [0.3, 0.4) is 0 Å². The fourth-order valence-corrected chi connectivity index (χ4v) is 4.57. The van der Waals surface area contributed by atoms with Crippen molar-refractivity contribution < 1.29 is 9.15 Å². The minimum Gasteiger partial charge on any atom is -0.497 e. The van der Waals surface area contributed by atoms with Crippen molar-refractivity contribution >= 4 is 22.1 Å². The summed E-state index contributed by atoms with van der Waals surface area (Å²) in [5.74, 6) is 1.13. The Balaban J connectivity index is 1.86. The van der Waals surface area contributed by atoms with Crippen LogP contribution in [0.25, 0.3) is 33.5 Å². The maximum atomic E-state index is 13.8. The third kappa shape index (κ3) is 3.42. The zero-order valence-electron chi connectivity index (χ0n) is 17.5. The predicted octanol–water partition coefficient (Wildman–Crippen LogP) is 5.07. The van der Waals surface area contributed by atoms with Crippen molar-refractivity contribution in [2.24, 2.45) is 0 Å². The van der Waals surface area contributed by atoms with Crippen molar-refractivity contribution in [2.75, 3.05) is 7.11 Å². The van der Waals surface area contributed by atoms with Gasteiger partial charge < -0.3 is 9.15 Å². The number of hydrogen-bond acceptors (Lipinski definition) is 5. The molecule has 1 fully saturated rings. The van der Waals surface area contributed by atoms with Crippen molar-refractivity contribution in [3.63, 3.8) is 0 Å². The van der Waals surface area contributed by atoms with E-state index in [0.717, 1.165) is 31.2 Å². The maximum absolute atomic E-state index is 13.8. The van der Waals surface area contributed by atoms with Crippen LogP contribution in [0, 0.1) is 0 Å². The van der Waals surface area contributed by atoms with Crippen LogP contribution in [-0.4, -0.2) is 16.7 Å². The van der Waals surface area contributed by atoms with Gasteiger partial charge in [0.25, 0.3) is 5.56 Å². The minimum atomic E-state index is -0.349. The van der Waals surface area contributed by atoms with E-state index in [-0.39, 0.29) is 28.1 Å². The quantitative estimate of drug-likeness (QED) is 0.344. The van der Waals surface area contributed by atoms with Gasteiger partial charge in [0.15, 0.2) is 5.39 Å². The Morgan fingerprint density at radius 3 is 2.45 bits per heavy atom. The minimum absolute atomic E-state index is 0.0154. The molecular weight excluding hydrogens is 392 g/mol.